The van der Waals surface area contributed by atoms with Gasteiger partial charge in [-0.2, -0.15) is 0 Å². The van der Waals surface area contributed by atoms with Crippen LogP contribution >= 0.6 is 0 Å². The van der Waals surface area contributed by atoms with Crippen molar-refractivity contribution in [2.24, 2.45) is 0 Å². The third-order valence-electron chi connectivity index (χ3n) is 3.04. The third kappa shape index (κ3) is 4.16. The number of ether oxygens (including phenoxy) is 1. The first kappa shape index (κ1) is 13.7. The highest BCUT2D eigenvalue weighted by atomic mass is 16.5. The second kappa shape index (κ2) is 7.02. The SMILES string of the molecule is COCc1cccc(CNCc2ncccc2C)c1. The zero-order chi connectivity index (χ0) is 13.5. The lowest BCUT2D eigenvalue weighted by molar-refractivity contribution is 0.185. The molecule has 100 valence electrons. The molecule has 19 heavy (non-hydrogen) atoms. The molecular weight excluding hydrogens is 236 g/mol. The van der Waals surface area contributed by atoms with Crippen LogP contribution in [0.2, 0.25) is 0 Å². The van der Waals surface area contributed by atoms with Crippen LogP contribution in [0.1, 0.15) is 22.4 Å². The van der Waals surface area contributed by atoms with E-state index in [0.29, 0.717) is 6.61 Å². The zero-order valence-electron chi connectivity index (χ0n) is 11.5. The number of aryl methyl sites for hydroxylation is 1. The molecule has 3 heteroatoms. The second-order valence-electron chi connectivity index (χ2n) is 4.62. The molecule has 1 heterocycles. The van der Waals surface area contributed by atoms with Crippen LogP contribution in [0.15, 0.2) is 42.6 Å². The van der Waals surface area contributed by atoms with Crippen LogP contribution in [-0.2, 0) is 24.4 Å². The first-order chi connectivity index (χ1) is 9.29. The highest BCUT2D eigenvalue weighted by Gasteiger charge is 1.99. The molecule has 0 bridgehead atoms. The molecule has 0 radical (unpaired) electrons. The molecule has 0 atom stereocenters. The fourth-order valence-corrected chi connectivity index (χ4v) is 2.02. The molecule has 0 spiro atoms. The number of hydrogen-bond acceptors (Lipinski definition) is 3. The highest BCUT2D eigenvalue weighted by molar-refractivity contribution is 5.23. The molecule has 0 amide bonds. The van der Waals surface area contributed by atoms with Crippen LogP contribution in [0.3, 0.4) is 0 Å². The van der Waals surface area contributed by atoms with E-state index in [1.54, 1.807) is 7.11 Å². The average molecular weight is 256 g/mol. The van der Waals surface area contributed by atoms with Gasteiger partial charge in [0.1, 0.15) is 0 Å². The van der Waals surface area contributed by atoms with Crippen molar-refractivity contribution in [2.45, 2.75) is 26.6 Å². The van der Waals surface area contributed by atoms with Crippen molar-refractivity contribution in [1.82, 2.24) is 10.3 Å². The molecular formula is C16H20N2O. The van der Waals surface area contributed by atoms with E-state index in [0.717, 1.165) is 18.8 Å². The van der Waals surface area contributed by atoms with Crippen molar-refractivity contribution in [2.75, 3.05) is 7.11 Å². The number of aromatic nitrogens is 1. The summed E-state index contributed by atoms with van der Waals surface area (Å²) < 4.78 is 5.14. The summed E-state index contributed by atoms with van der Waals surface area (Å²) in [7, 11) is 1.72. The van der Waals surface area contributed by atoms with E-state index in [1.807, 2.05) is 12.3 Å². The van der Waals surface area contributed by atoms with Gasteiger partial charge >= 0.3 is 0 Å². The lowest BCUT2D eigenvalue weighted by Gasteiger charge is -2.08. The number of hydrogen-bond donors (Lipinski definition) is 1. The number of nitrogens with one attached hydrogen (secondary N) is 1. The summed E-state index contributed by atoms with van der Waals surface area (Å²) >= 11 is 0. The summed E-state index contributed by atoms with van der Waals surface area (Å²) in [5.74, 6) is 0. The van der Waals surface area contributed by atoms with Gasteiger partial charge in [-0.3, -0.25) is 4.98 Å². The molecule has 0 aliphatic carbocycles. The zero-order valence-corrected chi connectivity index (χ0v) is 11.5. The summed E-state index contributed by atoms with van der Waals surface area (Å²) in [5.41, 5.74) is 4.80. The molecule has 0 fully saturated rings. The number of pyridine rings is 1. The van der Waals surface area contributed by atoms with Gasteiger partial charge in [0.2, 0.25) is 0 Å². The third-order valence-corrected chi connectivity index (χ3v) is 3.04. The van der Waals surface area contributed by atoms with E-state index in [2.05, 4.69) is 47.6 Å². The molecule has 1 aromatic carbocycles. The summed E-state index contributed by atoms with van der Waals surface area (Å²) in [6.07, 6.45) is 1.84. The van der Waals surface area contributed by atoms with Gasteiger partial charge in [-0.25, -0.2) is 0 Å². The predicted molar refractivity (Wildman–Crippen MR) is 76.7 cm³/mol. The Bertz CT molecular complexity index is 526. The molecule has 0 unspecified atom stereocenters. The van der Waals surface area contributed by atoms with Crippen molar-refractivity contribution < 1.29 is 4.74 Å². The Labute approximate surface area is 114 Å². The van der Waals surface area contributed by atoms with Gasteiger partial charge in [0.15, 0.2) is 0 Å². The smallest absolute Gasteiger partial charge is 0.0713 e. The molecule has 0 aliphatic rings. The molecule has 0 aliphatic heterocycles. The van der Waals surface area contributed by atoms with E-state index >= 15 is 0 Å². The first-order valence-corrected chi connectivity index (χ1v) is 6.47. The summed E-state index contributed by atoms with van der Waals surface area (Å²) in [5, 5.41) is 3.42. The quantitative estimate of drug-likeness (QED) is 0.863. The minimum Gasteiger partial charge on any atom is -0.380 e. The number of rotatable bonds is 6. The summed E-state index contributed by atoms with van der Waals surface area (Å²) in [6, 6.07) is 12.5. The lowest BCUT2D eigenvalue weighted by atomic mass is 10.1. The van der Waals surface area contributed by atoms with E-state index in [4.69, 9.17) is 4.74 Å². The Morgan fingerprint density at radius 1 is 1.11 bits per heavy atom. The minimum atomic E-state index is 0.660. The van der Waals surface area contributed by atoms with Gasteiger partial charge in [-0.05, 0) is 29.7 Å². The van der Waals surface area contributed by atoms with Crippen molar-refractivity contribution in [3.63, 3.8) is 0 Å². The Hall–Kier alpha value is -1.71. The Morgan fingerprint density at radius 3 is 2.74 bits per heavy atom. The molecule has 3 nitrogen and oxygen atoms in total. The van der Waals surface area contributed by atoms with Gasteiger partial charge in [0.05, 0.1) is 12.3 Å². The molecule has 2 rings (SSSR count). The maximum absolute atomic E-state index is 5.14. The van der Waals surface area contributed by atoms with Gasteiger partial charge in [0.25, 0.3) is 0 Å². The van der Waals surface area contributed by atoms with E-state index in [1.165, 1.54) is 16.7 Å². The number of nitrogens with zero attached hydrogens (tertiary/aromatic N) is 1. The van der Waals surface area contributed by atoms with Gasteiger partial charge < -0.3 is 10.1 Å². The standard InChI is InChI=1S/C16H20N2O/c1-13-5-4-8-18-16(13)11-17-10-14-6-3-7-15(9-14)12-19-2/h3-9,17H,10-12H2,1-2H3. The van der Waals surface area contributed by atoms with Crippen LogP contribution in [0.25, 0.3) is 0 Å². The van der Waals surface area contributed by atoms with Crippen LogP contribution in [0, 0.1) is 6.92 Å². The van der Waals surface area contributed by atoms with Crippen molar-refractivity contribution in [3.05, 3.63) is 65.0 Å². The fraction of sp³-hybridized carbons (Fsp3) is 0.312. The predicted octanol–water partition coefficient (Wildman–Crippen LogP) is 2.83. The second-order valence-corrected chi connectivity index (χ2v) is 4.62. The van der Waals surface area contributed by atoms with Gasteiger partial charge in [-0.1, -0.05) is 30.3 Å². The Balaban J connectivity index is 1.89. The average Bonchev–Trinajstić information content (AvgIpc) is 2.42. The lowest BCUT2D eigenvalue weighted by Crippen LogP contribution is -2.14. The minimum absolute atomic E-state index is 0.660. The molecule has 1 aromatic heterocycles. The maximum atomic E-state index is 5.14. The molecule has 0 saturated carbocycles. The topological polar surface area (TPSA) is 34.1 Å². The van der Waals surface area contributed by atoms with Crippen LogP contribution in [-0.4, -0.2) is 12.1 Å². The Morgan fingerprint density at radius 2 is 1.95 bits per heavy atom. The number of benzene rings is 1. The van der Waals surface area contributed by atoms with E-state index in [9.17, 15) is 0 Å². The summed E-state index contributed by atoms with van der Waals surface area (Å²) in [6.45, 7) is 4.38. The van der Waals surface area contributed by atoms with Crippen molar-refractivity contribution in [1.29, 1.82) is 0 Å². The molecule has 2 aromatic rings. The van der Waals surface area contributed by atoms with Crippen LogP contribution < -0.4 is 5.32 Å². The van der Waals surface area contributed by atoms with Crippen LogP contribution in [0.5, 0.6) is 0 Å². The van der Waals surface area contributed by atoms with Gasteiger partial charge in [-0.15, -0.1) is 0 Å². The van der Waals surface area contributed by atoms with Crippen molar-refractivity contribution >= 4 is 0 Å². The van der Waals surface area contributed by atoms with E-state index < -0.39 is 0 Å². The number of methoxy groups -OCH3 is 1. The maximum Gasteiger partial charge on any atom is 0.0713 e. The monoisotopic (exact) mass is 256 g/mol. The van der Waals surface area contributed by atoms with Gasteiger partial charge in [0, 0.05) is 26.4 Å². The van der Waals surface area contributed by atoms with Crippen molar-refractivity contribution in [3.8, 4) is 0 Å². The first-order valence-electron chi connectivity index (χ1n) is 6.47. The fourth-order valence-electron chi connectivity index (χ4n) is 2.02. The normalized spacial score (nSPS) is 10.6. The summed E-state index contributed by atoms with van der Waals surface area (Å²) in [4.78, 5) is 4.37. The van der Waals surface area contributed by atoms with Crippen LogP contribution in [0.4, 0.5) is 0 Å². The van der Waals surface area contributed by atoms with E-state index in [-0.39, 0.29) is 0 Å². The Kier molecular flexibility index (Phi) is 5.07. The molecule has 1 N–H and O–H groups in total. The highest BCUT2D eigenvalue weighted by Crippen LogP contribution is 2.07. The largest absolute Gasteiger partial charge is 0.380 e. The molecule has 0 saturated heterocycles.